The van der Waals surface area contributed by atoms with Crippen LogP contribution in [0.4, 0.5) is 0 Å². The van der Waals surface area contributed by atoms with E-state index in [1.54, 1.807) is 13.2 Å². The van der Waals surface area contributed by atoms with Gasteiger partial charge in [0.05, 0.1) is 0 Å². The number of nitrogens with zero attached hydrogens (tertiary/aromatic N) is 2. The third-order valence-electron chi connectivity index (χ3n) is 4.15. The molecule has 0 amide bonds. The number of aliphatic imine (C=N–C) groups is 2. The Morgan fingerprint density at radius 3 is 2.93 bits per heavy atom. The Labute approximate surface area is 171 Å². The molecule has 0 atom stereocenters. The van der Waals surface area contributed by atoms with Crippen LogP contribution in [0.25, 0.3) is 0 Å². The van der Waals surface area contributed by atoms with Gasteiger partial charge in [-0.25, -0.2) is 0 Å². The molecule has 1 aliphatic rings. The van der Waals surface area contributed by atoms with Crippen LogP contribution in [0.5, 0.6) is 0 Å². The summed E-state index contributed by atoms with van der Waals surface area (Å²) in [6.07, 6.45) is 27.9. The van der Waals surface area contributed by atoms with Crippen molar-refractivity contribution < 1.29 is 0 Å². The van der Waals surface area contributed by atoms with E-state index in [9.17, 15) is 0 Å². The predicted octanol–water partition coefficient (Wildman–Crippen LogP) is 5.26. The fraction of sp³-hybridized carbons (Fsp3) is 0.417. The number of hydrogen-bond acceptors (Lipinski definition) is 3. The first-order valence-electron chi connectivity index (χ1n) is 10.3. The molecule has 152 valence electrons. The molecule has 1 aliphatic carbocycles. The fourth-order valence-electron chi connectivity index (χ4n) is 2.59. The Morgan fingerprint density at radius 2 is 2.14 bits per heavy atom. The summed E-state index contributed by atoms with van der Waals surface area (Å²) in [6.45, 7) is 6.20. The minimum Gasteiger partial charge on any atom is -0.341 e. The molecule has 2 N–H and O–H groups in total. The van der Waals surface area contributed by atoms with Crippen molar-refractivity contribution in [1.82, 2.24) is 10.6 Å². The zero-order valence-electron chi connectivity index (χ0n) is 17.7. The van der Waals surface area contributed by atoms with E-state index in [0.717, 1.165) is 50.3 Å². The Kier molecular flexibility index (Phi) is 14.1. The van der Waals surface area contributed by atoms with Crippen LogP contribution in [0.15, 0.2) is 82.1 Å². The number of amidine groups is 1. The summed E-state index contributed by atoms with van der Waals surface area (Å²) in [4.78, 5) is 8.57. The van der Waals surface area contributed by atoms with E-state index in [1.165, 1.54) is 12.0 Å². The molecular weight excluding hydrogens is 344 g/mol. The second-order valence-corrected chi connectivity index (χ2v) is 6.43. The number of nitrogens with one attached hydrogen (secondary N) is 2. The Bertz CT molecular complexity index is 658. The van der Waals surface area contributed by atoms with Crippen LogP contribution >= 0.6 is 0 Å². The van der Waals surface area contributed by atoms with Gasteiger partial charge in [0.25, 0.3) is 0 Å². The molecule has 0 saturated carbocycles. The molecule has 0 aromatic carbocycles. The molecule has 0 aromatic heterocycles. The maximum Gasteiger partial charge on any atom is 0.126 e. The topological polar surface area (TPSA) is 48.8 Å². The highest BCUT2D eigenvalue weighted by atomic mass is 15.0. The SMILES string of the molecule is C/C=C\C=C(/C\C=C/C=N\C=C/C(=NC)NC1=CCCCC=C1)CCNCC. The monoisotopic (exact) mass is 380 g/mol. The molecule has 0 spiro atoms. The molecule has 0 unspecified atom stereocenters. The van der Waals surface area contributed by atoms with E-state index in [-0.39, 0.29) is 0 Å². The van der Waals surface area contributed by atoms with Gasteiger partial charge in [0.2, 0.25) is 0 Å². The van der Waals surface area contributed by atoms with Crippen molar-refractivity contribution in [3.63, 3.8) is 0 Å². The zero-order valence-corrected chi connectivity index (χ0v) is 17.7. The minimum atomic E-state index is 0.805. The zero-order chi connectivity index (χ0) is 20.3. The van der Waals surface area contributed by atoms with Gasteiger partial charge in [-0.3, -0.25) is 9.98 Å². The highest BCUT2D eigenvalue weighted by Gasteiger charge is 1.98. The average molecular weight is 381 g/mol. The Morgan fingerprint density at radius 1 is 1.25 bits per heavy atom. The highest BCUT2D eigenvalue weighted by molar-refractivity contribution is 5.94. The van der Waals surface area contributed by atoms with E-state index >= 15 is 0 Å². The lowest BCUT2D eigenvalue weighted by molar-refractivity contribution is 0.708. The minimum absolute atomic E-state index is 0.805. The number of rotatable bonds is 11. The van der Waals surface area contributed by atoms with Gasteiger partial charge in [-0.1, -0.05) is 49.0 Å². The molecule has 0 aliphatic heterocycles. The molecule has 28 heavy (non-hydrogen) atoms. The second-order valence-electron chi connectivity index (χ2n) is 6.43. The van der Waals surface area contributed by atoms with Crippen LogP contribution in [0.3, 0.4) is 0 Å². The first-order chi connectivity index (χ1) is 13.8. The Hall–Kier alpha value is -2.46. The van der Waals surface area contributed by atoms with E-state index in [4.69, 9.17) is 0 Å². The maximum atomic E-state index is 4.31. The summed E-state index contributed by atoms with van der Waals surface area (Å²) >= 11 is 0. The van der Waals surface area contributed by atoms with Crippen molar-refractivity contribution in [2.75, 3.05) is 20.1 Å². The molecule has 4 heteroatoms. The third-order valence-corrected chi connectivity index (χ3v) is 4.15. The first kappa shape index (κ1) is 23.6. The molecule has 4 nitrogen and oxygen atoms in total. The lowest BCUT2D eigenvalue weighted by Crippen LogP contribution is -2.19. The molecular formula is C24H36N4. The molecule has 0 fully saturated rings. The van der Waals surface area contributed by atoms with E-state index in [2.05, 4.69) is 70.1 Å². The fourth-order valence-corrected chi connectivity index (χ4v) is 2.59. The van der Waals surface area contributed by atoms with Crippen LogP contribution in [0.1, 0.15) is 46.0 Å². The summed E-state index contributed by atoms with van der Waals surface area (Å²) < 4.78 is 0. The predicted molar refractivity (Wildman–Crippen MR) is 125 cm³/mol. The van der Waals surface area contributed by atoms with Crippen LogP contribution in [0.2, 0.25) is 0 Å². The van der Waals surface area contributed by atoms with Crippen molar-refractivity contribution in [1.29, 1.82) is 0 Å². The van der Waals surface area contributed by atoms with Crippen LogP contribution in [-0.2, 0) is 0 Å². The lowest BCUT2D eigenvalue weighted by atomic mass is 10.1. The van der Waals surface area contributed by atoms with E-state index in [1.807, 2.05) is 25.3 Å². The molecule has 0 radical (unpaired) electrons. The Balaban J connectivity index is 2.45. The second kappa shape index (κ2) is 16.7. The normalized spacial score (nSPS) is 16.6. The highest BCUT2D eigenvalue weighted by Crippen LogP contribution is 2.08. The van der Waals surface area contributed by atoms with Gasteiger partial charge in [-0.2, -0.15) is 0 Å². The van der Waals surface area contributed by atoms with E-state index in [0.29, 0.717) is 0 Å². The summed E-state index contributed by atoms with van der Waals surface area (Å²) in [5.41, 5.74) is 2.51. The van der Waals surface area contributed by atoms with E-state index < -0.39 is 0 Å². The van der Waals surface area contributed by atoms with Gasteiger partial charge in [0.15, 0.2) is 0 Å². The standard InChI is InChI=1S/C24H36N4/c1-4-6-13-22(17-20-26-5-2)14-11-12-19-27-21-18-24(25-3)28-23-15-9-7-8-10-16-23/h4,6,9,11-13,15-16,18-19,21,26H,5,7-8,10,14,17,20H2,1-3H3,(H,25,28)/b6-4-,12-11-,21-18-,22-13+,27-19-. The van der Waals surface area contributed by atoms with Crippen LogP contribution in [0, 0.1) is 0 Å². The van der Waals surface area contributed by atoms with Crippen molar-refractivity contribution in [2.45, 2.75) is 46.0 Å². The van der Waals surface area contributed by atoms with Crippen molar-refractivity contribution in [3.05, 3.63) is 72.2 Å². The van der Waals surface area contributed by atoms with Crippen LogP contribution in [-0.4, -0.2) is 32.2 Å². The molecule has 1 rings (SSSR count). The smallest absolute Gasteiger partial charge is 0.126 e. The summed E-state index contributed by atoms with van der Waals surface area (Å²) in [7, 11) is 1.78. The van der Waals surface area contributed by atoms with Crippen LogP contribution < -0.4 is 10.6 Å². The van der Waals surface area contributed by atoms with Gasteiger partial charge < -0.3 is 10.6 Å². The summed E-state index contributed by atoms with van der Waals surface area (Å²) in [6, 6.07) is 0. The van der Waals surface area contributed by atoms with Gasteiger partial charge >= 0.3 is 0 Å². The summed E-state index contributed by atoms with van der Waals surface area (Å²) in [5, 5.41) is 6.70. The summed E-state index contributed by atoms with van der Waals surface area (Å²) in [5.74, 6) is 0.805. The molecule has 0 heterocycles. The first-order valence-corrected chi connectivity index (χ1v) is 10.3. The van der Waals surface area contributed by atoms with Crippen molar-refractivity contribution in [2.24, 2.45) is 9.98 Å². The largest absolute Gasteiger partial charge is 0.341 e. The van der Waals surface area contributed by atoms with Crippen molar-refractivity contribution in [3.8, 4) is 0 Å². The van der Waals surface area contributed by atoms with Gasteiger partial charge in [-0.15, -0.1) is 0 Å². The third kappa shape index (κ3) is 12.0. The number of allylic oxidation sites excluding steroid dienone is 8. The maximum absolute atomic E-state index is 4.31. The molecule has 0 aromatic rings. The molecule has 0 saturated heterocycles. The van der Waals surface area contributed by atoms with Gasteiger partial charge in [0, 0.05) is 25.2 Å². The van der Waals surface area contributed by atoms with Gasteiger partial charge in [-0.05, 0) is 70.3 Å². The van der Waals surface area contributed by atoms with Crippen molar-refractivity contribution >= 4 is 12.1 Å². The number of hydrogen-bond donors (Lipinski definition) is 2. The molecule has 0 bridgehead atoms. The quantitative estimate of drug-likeness (QED) is 0.222. The van der Waals surface area contributed by atoms with Gasteiger partial charge in [0.1, 0.15) is 5.84 Å². The lowest BCUT2D eigenvalue weighted by Gasteiger charge is -2.05. The average Bonchev–Trinajstić information content (AvgIpc) is 2.98.